The van der Waals surface area contributed by atoms with E-state index in [1.54, 1.807) is 7.05 Å². The Labute approximate surface area is 134 Å². The Morgan fingerprint density at radius 1 is 1.36 bits per heavy atom. The fraction of sp³-hybridized carbons (Fsp3) is 0.875. The second-order valence-corrected chi connectivity index (χ2v) is 5.96. The summed E-state index contributed by atoms with van der Waals surface area (Å²) in [4.78, 5) is 18.0. The zero-order valence-corrected chi connectivity index (χ0v) is 14.5. The molecule has 1 saturated heterocycles. The van der Waals surface area contributed by atoms with Gasteiger partial charge >= 0.3 is 5.97 Å². The molecule has 0 aliphatic carbocycles. The Balaban J connectivity index is 2.19. The highest BCUT2D eigenvalue weighted by Crippen LogP contribution is 2.12. The Hall–Kier alpha value is -1.30. The molecule has 0 aromatic carbocycles. The fourth-order valence-corrected chi connectivity index (χ4v) is 2.62. The number of hydrogen-bond acceptors (Lipinski definition) is 4. The highest BCUT2D eigenvalue weighted by molar-refractivity contribution is 5.80. The predicted molar refractivity (Wildman–Crippen MR) is 90.1 cm³/mol. The first-order valence-corrected chi connectivity index (χ1v) is 8.43. The standard InChI is InChI=1S/C16H32N4O2/c1-5-22-15(21)7-6-10-18-16(17-4)19-14-8-11-20(12-9-14)13(2)3/h13-14H,5-12H2,1-4H3,(H2,17,18,19). The number of guanidine groups is 1. The van der Waals surface area contributed by atoms with Crippen LogP contribution in [0.4, 0.5) is 0 Å². The molecule has 1 fully saturated rings. The average molecular weight is 312 g/mol. The number of carbonyl (C=O) groups excluding carboxylic acids is 1. The van der Waals surface area contributed by atoms with Crippen molar-refractivity contribution >= 4 is 11.9 Å². The third-order valence-corrected chi connectivity index (χ3v) is 3.98. The van der Waals surface area contributed by atoms with Gasteiger partial charge in [-0.05, 0) is 40.0 Å². The van der Waals surface area contributed by atoms with Crippen LogP contribution >= 0.6 is 0 Å². The average Bonchev–Trinajstić information content (AvgIpc) is 2.51. The molecule has 6 heteroatoms. The Morgan fingerprint density at radius 3 is 2.59 bits per heavy atom. The van der Waals surface area contributed by atoms with Crippen molar-refractivity contribution in [1.82, 2.24) is 15.5 Å². The highest BCUT2D eigenvalue weighted by Gasteiger charge is 2.21. The Morgan fingerprint density at radius 2 is 2.05 bits per heavy atom. The van der Waals surface area contributed by atoms with Crippen molar-refractivity contribution in [3.63, 3.8) is 0 Å². The SMILES string of the molecule is CCOC(=O)CCCNC(=NC)NC1CCN(C(C)C)CC1. The molecule has 0 atom stereocenters. The summed E-state index contributed by atoms with van der Waals surface area (Å²) in [5.41, 5.74) is 0. The smallest absolute Gasteiger partial charge is 0.305 e. The molecule has 1 rings (SSSR count). The van der Waals surface area contributed by atoms with Crippen LogP contribution < -0.4 is 10.6 Å². The molecular weight excluding hydrogens is 280 g/mol. The van der Waals surface area contributed by atoms with Crippen LogP contribution in [0.5, 0.6) is 0 Å². The van der Waals surface area contributed by atoms with Crippen LogP contribution in [0.1, 0.15) is 46.5 Å². The third kappa shape index (κ3) is 7.11. The van der Waals surface area contributed by atoms with Crippen LogP contribution in [0, 0.1) is 0 Å². The minimum Gasteiger partial charge on any atom is -0.466 e. The first-order chi connectivity index (χ1) is 10.6. The van der Waals surface area contributed by atoms with Gasteiger partial charge < -0.3 is 20.3 Å². The summed E-state index contributed by atoms with van der Waals surface area (Å²) < 4.78 is 4.91. The predicted octanol–water partition coefficient (Wildman–Crippen LogP) is 1.37. The van der Waals surface area contributed by atoms with E-state index in [9.17, 15) is 4.79 Å². The van der Waals surface area contributed by atoms with Crippen LogP contribution in [-0.2, 0) is 9.53 Å². The van der Waals surface area contributed by atoms with Gasteiger partial charge in [0.1, 0.15) is 0 Å². The number of likely N-dealkylation sites (tertiary alicyclic amines) is 1. The van der Waals surface area contributed by atoms with Crippen LogP contribution in [0.2, 0.25) is 0 Å². The maximum atomic E-state index is 11.3. The monoisotopic (exact) mass is 312 g/mol. The van der Waals surface area contributed by atoms with Crippen molar-refractivity contribution < 1.29 is 9.53 Å². The number of aliphatic imine (C=N–C) groups is 1. The molecule has 1 aliphatic rings. The van der Waals surface area contributed by atoms with E-state index in [2.05, 4.69) is 34.4 Å². The van der Waals surface area contributed by atoms with Crippen LogP contribution in [-0.4, -0.2) is 62.2 Å². The highest BCUT2D eigenvalue weighted by atomic mass is 16.5. The normalized spacial score (nSPS) is 17.6. The van der Waals surface area contributed by atoms with Crippen molar-refractivity contribution in [3.8, 4) is 0 Å². The number of nitrogens with one attached hydrogen (secondary N) is 2. The van der Waals surface area contributed by atoms with Gasteiger partial charge in [0.2, 0.25) is 0 Å². The maximum absolute atomic E-state index is 11.3. The summed E-state index contributed by atoms with van der Waals surface area (Å²) in [5.74, 6) is 0.695. The largest absolute Gasteiger partial charge is 0.466 e. The second kappa shape index (κ2) is 10.4. The first-order valence-electron chi connectivity index (χ1n) is 8.43. The molecule has 1 aliphatic heterocycles. The van der Waals surface area contributed by atoms with Gasteiger partial charge in [-0.25, -0.2) is 0 Å². The fourth-order valence-electron chi connectivity index (χ4n) is 2.62. The minimum atomic E-state index is -0.131. The summed E-state index contributed by atoms with van der Waals surface area (Å²) in [7, 11) is 1.78. The number of ether oxygens (including phenoxy) is 1. The minimum absolute atomic E-state index is 0.131. The molecule has 0 spiro atoms. The summed E-state index contributed by atoms with van der Waals surface area (Å²) in [6.45, 7) is 9.76. The van der Waals surface area contributed by atoms with Gasteiger partial charge in [-0.2, -0.15) is 0 Å². The summed E-state index contributed by atoms with van der Waals surface area (Å²) in [6, 6.07) is 1.10. The molecule has 0 radical (unpaired) electrons. The van der Waals surface area contributed by atoms with Gasteiger partial charge in [0.15, 0.2) is 5.96 Å². The molecule has 0 unspecified atom stereocenters. The quantitative estimate of drug-likeness (QED) is 0.322. The van der Waals surface area contributed by atoms with Gasteiger partial charge in [0.25, 0.3) is 0 Å². The summed E-state index contributed by atoms with van der Waals surface area (Å²) in [5, 5.41) is 6.74. The lowest BCUT2D eigenvalue weighted by atomic mass is 10.0. The van der Waals surface area contributed by atoms with Gasteiger partial charge in [0, 0.05) is 45.2 Å². The third-order valence-electron chi connectivity index (χ3n) is 3.98. The molecular formula is C16H32N4O2. The van der Waals surface area contributed by atoms with Crippen LogP contribution in [0.3, 0.4) is 0 Å². The van der Waals surface area contributed by atoms with E-state index in [-0.39, 0.29) is 5.97 Å². The lowest BCUT2D eigenvalue weighted by Gasteiger charge is -2.35. The van der Waals surface area contributed by atoms with Crippen molar-refractivity contribution in [2.24, 2.45) is 4.99 Å². The number of hydrogen-bond donors (Lipinski definition) is 2. The molecule has 2 N–H and O–H groups in total. The molecule has 0 bridgehead atoms. The Kier molecular flexibility index (Phi) is 8.89. The number of nitrogens with zero attached hydrogens (tertiary/aromatic N) is 2. The van der Waals surface area contributed by atoms with Crippen LogP contribution in [0.25, 0.3) is 0 Å². The van der Waals surface area contributed by atoms with Crippen molar-refractivity contribution in [1.29, 1.82) is 0 Å². The zero-order chi connectivity index (χ0) is 16.4. The van der Waals surface area contributed by atoms with E-state index in [0.717, 1.165) is 44.9 Å². The van der Waals surface area contributed by atoms with Crippen molar-refractivity contribution in [3.05, 3.63) is 0 Å². The van der Waals surface area contributed by atoms with Gasteiger partial charge in [0.05, 0.1) is 6.61 Å². The molecule has 0 aromatic heterocycles. The van der Waals surface area contributed by atoms with Gasteiger partial charge in [-0.3, -0.25) is 9.79 Å². The summed E-state index contributed by atoms with van der Waals surface area (Å²) in [6.07, 6.45) is 3.49. The second-order valence-electron chi connectivity index (χ2n) is 5.96. The molecule has 128 valence electrons. The Bertz CT molecular complexity index is 350. The first kappa shape index (κ1) is 18.7. The van der Waals surface area contributed by atoms with Gasteiger partial charge in [-0.15, -0.1) is 0 Å². The molecule has 0 saturated carbocycles. The maximum Gasteiger partial charge on any atom is 0.305 e. The van der Waals surface area contributed by atoms with Crippen molar-refractivity contribution in [2.45, 2.75) is 58.5 Å². The van der Waals surface area contributed by atoms with E-state index in [1.807, 2.05) is 6.92 Å². The summed E-state index contributed by atoms with van der Waals surface area (Å²) >= 11 is 0. The number of rotatable bonds is 7. The van der Waals surface area contributed by atoms with E-state index in [1.165, 1.54) is 0 Å². The number of piperidine rings is 1. The van der Waals surface area contributed by atoms with E-state index in [0.29, 0.717) is 25.1 Å². The van der Waals surface area contributed by atoms with E-state index < -0.39 is 0 Å². The van der Waals surface area contributed by atoms with Crippen LogP contribution in [0.15, 0.2) is 4.99 Å². The van der Waals surface area contributed by atoms with Gasteiger partial charge in [-0.1, -0.05) is 0 Å². The number of esters is 1. The topological polar surface area (TPSA) is 66.0 Å². The van der Waals surface area contributed by atoms with E-state index >= 15 is 0 Å². The molecule has 0 amide bonds. The number of carbonyl (C=O) groups is 1. The molecule has 6 nitrogen and oxygen atoms in total. The van der Waals surface area contributed by atoms with Crippen molar-refractivity contribution in [2.75, 3.05) is 33.3 Å². The zero-order valence-electron chi connectivity index (χ0n) is 14.5. The van der Waals surface area contributed by atoms with E-state index in [4.69, 9.17) is 4.74 Å². The molecule has 1 heterocycles. The lowest BCUT2D eigenvalue weighted by Crippen LogP contribution is -2.50. The molecule has 0 aromatic rings. The lowest BCUT2D eigenvalue weighted by molar-refractivity contribution is -0.143. The molecule has 22 heavy (non-hydrogen) atoms.